The predicted molar refractivity (Wildman–Crippen MR) is 79.2 cm³/mol. The number of aromatic nitrogens is 2. The highest BCUT2D eigenvalue weighted by molar-refractivity contribution is 6.16. The molecule has 4 heteroatoms. The zero-order chi connectivity index (χ0) is 13.5. The molecule has 0 saturated carbocycles. The van der Waals surface area contributed by atoms with Crippen LogP contribution in [0.25, 0.3) is 0 Å². The summed E-state index contributed by atoms with van der Waals surface area (Å²) in [6.45, 7) is 3.03. The lowest BCUT2D eigenvalue weighted by molar-refractivity contribution is 0.314. The van der Waals surface area contributed by atoms with Gasteiger partial charge in [-0.3, -0.25) is 0 Å². The summed E-state index contributed by atoms with van der Waals surface area (Å²) in [6, 6.07) is 10.6. The summed E-state index contributed by atoms with van der Waals surface area (Å²) in [7, 11) is 2.16. The van der Waals surface area contributed by atoms with Crippen LogP contribution in [0.4, 0.5) is 0 Å². The number of rotatable bonds is 7. The van der Waals surface area contributed by atoms with E-state index in [4.69, 9.17) is 11.6 Å². The predicted octanol–water partition coefficient (Wildman–Crippen LogP) is 3.14. The number of alkyl halides is 1. The van der Waals surface area contributed by atoms with Crippen LogP contribution >= 0.6 is 11.6 Å². The van der Waals surface area contributed by atoms with E-state index in [0.717, 1.165) is 31.7 Å². The molecule has 0 bridgehead atoms. The van der Waals surface area contributed by atoms with Gasteiger partial charge >= 0.3 is 0 Å². The number of halogens is 1. The topological polar surface area (TPSA) is 21.1 Å². The zero-order valence-electron chi connectivity index (χ0n) is 11.3. The van der Waals surface area contributed by atoms with Gasteiger partial charge in [0.1, 0.15) is 0 Å². The maximum Gasteiger partial charge on any atom is 0.0948 e. The van der Waals surface area contributed by atoms with Gasteiger partial charge in [-0.1, -0.05) is 30.3 Å². The third-order valence-electron chi connectivity index (χ3n) is 3.17. The smallest absolute Gasteiger partial charge is 0.0948 e. The average molecular weight is 278 g/mol. The average Bonchev–Trinajstić information content (AvgIpc) is 2.87. The summed E-state index contributed by atoms with van der Waals surface area (Å²) in [5.74, 6) is 0.528. The van der Waals surface area contributed by atoms with Gasteiger partial charge in [-0.15, -0.1) is 11.6 Å². The minimum atomic E-state index is 0.528. The fourth-order valence-electron chi connectivity index (χ4n) is 2.15. The molecule has 19 heavy (non-hydrogen) atoms. The van der Waals surface area contributed by atoms with Gasteiger partial charge in [0.25, 0.3) is 0 Å². The van der Waals surface area contributed by atoms with Crippen LogP contribution in [0.15, 0.2) is 42.9 Å². The molecular weight excluding hydrogens is 258 g/mol. The highest BCUT2D eigenvalue weighted by Crippen LogP contribution is 2.06. The second-order valence-corrected chi connectivity index (χ2v) is 5.06. The van der Waals surface area contributed by atoms with Crippen LogP contribution in [0.2, 0.25) is 0 Å². The van der Waals surface area contributed by atoms with E-state index in [9.17, 15) is 0 Å². The maximum absolute atomic E-state index is 5.85. The molecule has 1 aromatic heterocycles. The number of hydrogen-bond donors (Lipinski definition) is 0. The van der Waals surface area contributed by atoms with E-state index in [1.807, 2.05) is 12.5 Å². The molecule has 0 aliphatic heterocycles. The minimum Gasteiger partial charge on any atom is -0.333 e. The Balaban J connectivity index is 1.74. The molecule has 102 valence electrons. The van der Waals surface area contributed by atoms with Crippen molar-refractivity contribution in [3.8, 4) is 0 Å². The highest BCUT2D eigenvalue weighted by Gasteiger charge is 2.02. The third-order valence-corrected chi connectivity index (χ3v) is 3.44. The molecular formula is C15H20ClN3. The Bertz CT molecular complexity index is 481. The molecule has 2 rings (SSSR count). The van der Waals surface area contributed by atoms with Gasteiger partial charge in [0.05, 0.1) is 17.9 Å². The molecule has 0 amide bonds. The van der Waals surface area contributed by atoms with Crippen molar-refractivity contribution in [2.45, 2.75) is 25.4 Å². The van der Waals surface area contributed by atoms with Crippen molar-refractivity contribution >= 4 is 11.6 Å². The maximum atomic E-state index is 5.85. The van der Waals surface area contributed by atoms with Gasteiger partial charge in [0.15, 0.2) is 0 Å². The lowest BCUT2D eigenvalue weighted by atomic mass is 10.2. The van der Waals surface area contributed by atoms with Crippen molar-refractivity contribution in [3.05, 3.63) is 54.1 Å². The van der Waals surface area contributed by atoms with Crippen LogP contribution in [0.1, 0.15) is 17.7 Å². The quantitative estimate of drug-likeness (QED) is 0.725. The number of aryl methyl sites for hydroxylation is 1. The molecule has 0 saturated heterocycles. The summed E-state index contributed by atoms with van der Waals surface area (Å²) < 4.78 is 2.13. The summed E-state index contributed by atoms with van der Waals surface area (Å²) in [5.41, 5.74) is 2.45. The van der Waals surface area contributed by atoms with Crippen molar-refractivity contribution in [2.24, 2.45) is 0 Å². The summed E-state index contributed by atoms with van der Waals surface area (Å²) in [4.78, 5) is 6.46. The van der Waals surface area contributed by atoms with Crippen LogP contribution in [0, 0.1) is 0 Å². The van der Waals surface area contributed by atoms with Crippen molar-refractivity contribution in [1.29, 1.82) is 0 Å². The van der Waals surface area contributed by atoms with Gasteiger partial charge in [-0.25, -0.2) is 4.98 Å². The Hall–Kier alpha value is -1.32. The molecule has 0 radical (unpaired) electrons. The summed E-state index contributed by atoms with van der Waals surface area (Å²) in [5, 5.41) is 0. The Labute approximate surface area is 119 Å². The first-order valence-electron chi connectivity index (χ1n) is 6.57. The lowest BCUT2D eigenvalue weighted by Crippen LogP contribution is -2.20. The molecule has 1 aromatic carbocycles. The lowest BCUT2D eigenvalue weighted by Gasteiger charge is -2.17. The third kappa shape index (κ3) is 4.37. The molecule has 0 aliphatic carbocycles. The van der Waals surface area contributed by atoms with Gasteiger partial charge in [-0.05, 0) is 25.6 Å². The molecule has 0 fully saturated rings. The first kappa shape index (κ1) is 14.1. The van der Waals surface area contributed by atoms with Gasteiger partial charge < -0.3 is 9.47 Å². The highest BCUT2D eigenvalue weighted by atomic mass is 35.5. The number of nitrogens with zero attached hydrogens (tertiary/aromatic N) is 3. The Morgan fingerprint density at radius 1 is 1.26 bits per heavy atom. The molecule has 0 unspecified atom stereocenters. The van der Waals surface area contributed by atoms with Crippen molar-refractivity contribution < 1.29 is 0 Å². The van der Waals surface area contributed by atoms with Crippen LogP contribution in [-0.2, 0) is 19.0 Å². The first-order chi connectivity index (χ1) is 9.29. The van der Waals surface area contributed by atoms with E-state index < -0.39 is 0 Å². The molecule has 0 spiro atoms. The van der Waals surface area contributed by atoms with E-state index in [-0.39, 0.29) is 0 Å². The number of benzene rings is 1. The molecule has 0 N–H and O–H groups in total. The van der Waals surface area contributed by atoms with Crippen molar-refractivity contribution in [3.63, 3.8) is 0 Å². The largest absolute Gasteiger partial charge is 0.333 e. The van der Waals surface area contributed by atoms with E-state index in [2.05, 4.69) is 51.8 Å². The van der Waals surface area contributed by atoms with E-state index in [0.29, 0.717) is 5.88 Å². The standard InChI is InChI=1S/C15H20ClN3/c1-18(12-14-6-3-2-4-7-14)8-5-9-19-13-17-11-15(19)10-16/h2-4,6-7,11,13H,5,8-10,12H2,1H3. The summed E-state index contributed by atoms with van der Waals surface area (Å²) in [6.07, 6.45) is 4.79. The van der Waals surface area contributed by atoms with Gasteiger partial charge in [0, 0.05) is 19.3 Å². The molecule has 0 atom stereocenters. The van der Waals surface area contributed by atoms with Crippen LogP contribution < -0.4 is 0 Å². The summed E-state index contributed by atoms with van der Waals surface area (Å²) >= 11 is 5.85. The van der Waals surface area contributed by atoms with E-state index in [1.54, 1.807) is 0 Å². The molecule has 3 nitrogen and oxygen atoms in total. The number of imidazole rings is 1. The van der Waals surface area contributed by atoms with Crippen LogP contribution in [-0.4, -0.2) is 28.0 Å². The fraction of sp³-hybridized carbons (Fsp3) is 0.400. The SMILES string of the molecule is CN(CCCn1cncc1CCl)Cc1ccccc1. The normalized spacial score (nSPS) is 11.1. The second kappa shape index (κ2) is 7.31. The Morgan fingerprint density at radius 2 is 2.05 bits per heavy atom. The van der Waals surface area contributed by atoms with Gasteiger partial charge in [-0.2, -0.15) is 0 Å². The van der Waals surface area contributed by atoms with Crippen LogP contribution in [0.3, 0.4) is 0 Å². The second-order valence-electron chi connectivity index (χ2n) is 4.79. The Kier molecular flexibility index (Phi) is 5.43. The molecule has 0 aliphatic rings. The van der Waals surface area contributed by atoms with Crippen molar-refractivity contribution in [2.75, 3.05) is 13.6 Å². The minimum absolute atomic E-state index is 0.528. The Morgan fingerprint density at radius 3 is 2.79 bits per heavy atom. The fourth-order valence-corrected chi connectivity index (χ4v) is 2.37. The van der Waals surface area contributed by atoms with Crippen molar-refractivity contribution in [1.82, 2.24) is 14.5 Å². The number of hydrogen-bond acceptors (Lipinski definition) is 2. The monoisotopic (exact) mass is 277 g/mol. The van der Waals surface area contributed by atoms with Gasteiger partial charge in [0.2, 0.25) is 0 Å². The van der Waals surface area contributed by atoms with Crippen LogP contribution in [0.5, 0.6) is 0 Å². The molecule has 2 aromatic rings. The van der Waals surface area contributed by atoms with E-state index >= 15 is 0 Å². The molecule has 1 heterocycles. The first-order valence-corrected chi connectivity index (χ1v) is 7.10. The zero-order valence-corrected chi connectivity index (χ0v) is 12.1. The van der Waals surface area contributed by atoms with E-state index in [1.165, 1.54) is 5.56 Å².